The highest BCUT2D eigenvalue weighted by atomic mass is 32.2. The number of nitrogens with zero attached hydrogens (tertiary/aromatic N) is 3. The van der Waals surface area contributed by atoms with Gasteiger partial charge in [-0.05, 0) is 43.5 Å². The average Bonchev–Trinajstić information content (AvgIpc) is 3.18. The first-order valence-electron chi connectivity index (χ1n) is 10.8. The summed E-state index contributed by atoms with van der Waals surface area (Å²) in [5.41, 5.74) is 3.25. The Labute approximate surface area is 199 Å². The number of nitrogens with one attached hydrogen (secondary N) is 1. The fourth-order valence-corrected chi connectivity index (χ4v) is 5.04. The summed E-state index contributed by atoms with van der Waals surface area (Å²) in [4.78, 5) is 14.2. The molecule has 1 amide bonds. The number of amides is 1. The molecule has 0 fully saturated rings. The van der Waals surface area contributed by atoms with Gasteiger partial charge in [0, 0.05) is 17.1 Å². The molecule has 5 nitrogen and oxygen atoms in total. The van der Waals surface area contributed by atoms with Crippen LogP contribution in [0.15, 0.2) is 71.2 Å². The molecule has 0 aliphatic heterocycles. The number of anilines is 1. The Balaban J connectivity index is 1.72. The smallest absolute Gasteiger partial charge is 0.237 e. The molecular weight excluding hydrogens is 436 g/mol. The SMILES string of the molecule is C=CCn1c(CSc2ccc(C)cc2)nnc1SC(CC)C(=O)Nc1ccccc1CC. The van der Waals surface area contributed by atoms with Crippen molar-refractivity contribution in [2.45, 2.75) is 61.2 Å². The van der Waals surface area contributed by atoms with Gasteiger partial charge in [0.05, 0.1) is 11.0 Å². The molecule has 1 atom stereocenters. The van der Waals surface area contributed by atoms with Crippen LogP contribution in [0.1, 0.15) is 37.2 Å². The van der Waals surface area contributed by atoms with Crippen molar-refractivity contribution in [3.05, 3.63) is 78.1 Å². The maximum Gasteiger partial charge on any atom is 0.237 e. The van der Waals surface area contributed by atoms with Gasteiger partial charge in [-0.3, -0.25) is 4.79 Å². The highest BCUT2D eigenvalue weighted by Crippen LogP contribution is 2.29. The number of carbonyl (C=O) groups excluding carboxylic acids is 1. The van der Waals surface area contributed by atoms with Crippen molar-refractivity contribution in [3.8, 4) is 0 Å². The zero-order chi connectivity index (χ0) is 22.9. The summed E-state index contributed by atoms with van der Waals surface area (Å²) < 4.78 is 2.05. The molecule has 0 saturated carbocycles. The van der Waals surface area contributed by atoms with Crippen LogP contribution in [0.3, 0.4) is 0 Å². The van der Waals surface area contributed by atoms with Gasteiger partial charge in [-0.1, -0.05) is 67.6 Å². The Morgan fingerprint density at radius 1 is 1.16 bits per heavy atom. The third-order valence-corrected chi connectivity index (χ3v) is 7.41. The van der Waals surface area contributed by atoms with Gasteiger partial charge < -0.3 is 9.88 Å². The van der Waals surface area contributed by atoms with E-state index in [-0.39, 0.29) is 11.2 Å². The average molecular weight is 467 g/mol. The van der Waals surface area contributed by atoms with E-state index in [0.717, 1.165) is 28.7 Å². The zero-order valence-electron chi connectivity index (χ0n) is 18.9. The van der Waals surface area contributed by atoms with Crippen molar-refractivity contribution in [2.24, 2.45) is 0 Å². The lowest BCUT2D eigenvalue weighted by Gasteiger charge is -2.16. The summed E-state index contributed by atoms with van der Waals surface area (Å²) in [5, 5.41) is 12.4. The van der Waals surface area contributed by atoms with E-state index in [4.69, 9.17) is 0 Å². The van der Waals surface area contributed by atoms with E-state index < -0.39 is 0 Å². The maximum absolute atomic E-state index is 13.0. The van der Waals surface area contributed by atoms with E-state index in [0.29, 0.717) is 18.7 Å². The Hall–Kier alpha value is -2.51. The summed E-state index contributed by atoms with van der Waals surface area (Å²) in [6.07, 6.45) is 3.40. The summed E-state index contributed by atoms with van der Waals surface area (Å²) >= 11 is 3.19. The van der Waals surface area contributed by atoms with Crippen LogP contribution in [0.4, 0.5) is 5.69 Å². The Morgan fingerprint density at radius 3 is 2.59 bits per heavy atom. The number of thioether (sulfide) groups is 2. The number of aromatic nitrogens is 3. The first kappa shape index (κ1) is 24.1. The first-order chi connectivity index (χ1) is 15.5. The van der Waals surface area contributed by atoms with E-state index in [1.54, 1.807) is 11.8 Å². The van der Waals surface area contributed by atoms with Gasteiger partial charge in [0.1, 0.15) is 5.82 Å². The van der Waals surface area contributed by atoms with Crippen molar-refractivity contribution in [1.29, 1.82) is 0 Å². The second-order valence-electron chi connectivity index (χ2n) is 7.41. The number of aryl methyl sites for hydroxylation is 2. The minimum atomic E-state index is -0.259. The quantitative estimate of drug-likeness (QED) is 0.272. The van der Waals surface area contributed by atoms with Gasteiger partial charge >= 0.3 is 0 Å². The molecule has 3 rings (SSSR count). The highest BCUT2D eigenvalue weighted by molar-refractivity contribution is 8.00. The molecule has 3 aromatic rings. The molecule has 7 heteroatoms. The molecule has 1 heterocycles. The van der Waals surface area contributed by atoms with Crippen molar-refractivity contribution in [3.63, 3.8) is 0 Å². The van der Waals surface area contributed by atoms with Crippen molar-refractivity contribution in [1.82, 2.24) is 14.8 Å². The van der Waals surface area contributed by atoms with E-state index in [9.17, 15) is 4.79 Å². The number of hydrogen-bond acceptors (Lipinski definition) is 5. The minimum Gasteiger partial charge on any atom is -0.325 e. The van der Waals surface area contributed by atoms with Crippen molar-refractivity contribution < 1.29 is 4.79 Å². The molecule has 0 aliphatic carbocycles. The second-order valence-corrected chi connectivity index (χ2v) is 9.63. The number of hydrogen-bond donors (Lipinski definition) is 1. The molecule has 1 aromatic heterocycles. The molecule has 1 N–H and O–H groups in total. The predicted octanol–water partition coefficient (Wildman–Crippen LogP) is 6.14. The van der Waals surface area contributed by atoms with E-state index >= 15 is 0 Å². The van der Waals surface area contributed by atoms with Gasteiger partial charge in [0.15, 0.2) is 5.16 Å². The van der Waals surface area contributed by atoms with Crippen molar-refractivity contribution >= 4 is 35.1 Å². The van der Waals surface area contributed by atoms with Gasteiger partial charge in [-0.2, -0.15) is 0 Å². The summed E-state index contributed by atoms with van der Waals surface area (Å²) in [6, 6.07) is 16.4. The lowest BCUT2D eigenvalue weighted by atomic mass is 10.1. The molecule has 1 unspecified atom stereocenters. The van der Waals surface area contributed by atoms with E-state index in [1.165, 1.54) is 22.2 Å². The van der Waals surface area contributed by atoms with Crippen LogP contribution in [0, 0.1) is 6.92 Å². The molecule has 0 aliphatic rings. The maximum atomic E-state index is 13.0. The third-order valence-electron chi connectivity index (χ3n) is 5.06. The van der Waals surface area contributed by atoms with Crippen LogP contribution in [-0.2, 0) is 23.5 Å². The van der Waals surface area contributed by atoms with Gasteiger partial charge in [0.25, 0.3) is 0 Å². The van der Waals surface area contributed by atoms with Crippen molar-refractivity contribution in [2.75, 3.05) is 5.32 Å². The summed E-state index contributed by atoms with van der Waals surface area (Å²) in [6.45, 7) is 10.7. The lowest BCUT2D eigenvalue weighted by molar-refractivity contribution is -0.115. The molecule has 2 aromatic carbocycles. The Kier molecular flexibility index (Phi) is 9.00. The fraction of sp³-hybridized carbons (Fsp3) is 0.320. The predicted molar refractivity (Wildman–Crippen MR) is 135 cm³/mol. The molecule has 0 bridgehead atoms. The van der Waals surface area contributed by atoms with E-state index in [1.807, 2.05) is 37.3 Å². The summed E-state index contributed by atoms with van der Waals surface area (Å²) in [5.74, 6) is 1.57. The monoisotopic (exact) mass is 466 g/mol. The molecule has 0 radical (unpaired) electrons. The molecule has 0 spiro atoms. The Bertz CT molecular complexity index is 1050. The number of rotatable bonds is 11. The van der Waals surface area contributed by atoms with Gasteiger partial charge in [0.2, 0.25) is 5.91 Å². The van der Waals surface area contributed by atoms with Crippen LogP contribution < -0.4 is 5.32 Å². The molecule has 0 saturated heterocycles. The standard InChI is InChI=1S/C25H30N4OS2/c1-5-16-29-23(17-31-20-14-12-18(4)13-15-20)27-28-25(29)32-22(7-3)24(30)26-21-11-9-8-10-19(21)6-2/h5,8-15,22H,1,6-7,16-17H2,2-4H3,(H,26,30). The largest absolute Gasteiger partial charge is 0.325 e. The van der Waals surface area contributed by atoms with Crippen LogP contribution in [-0.4, -0.2) is 25.9 Å². The molecule has 32 heavy (non-hydrogen) atoms. The second kappa shape index (κ2) is 11.9. The summed E-state index contributed by atoms with van der Waals surface area (Å²) in [7, 11) is 0. The normalized spacial score (nSPS) is 11.8. The fourth-order valence-electron chi connectivity index (χ4n) is 3.22. The van der Waals surface area contributed by atoms with Crippen LogP contribution in [0.25, 0.3) is 0 Å². The Morgan fingerprint density at radius 2 is 1.91 bits per heavy atom. The topological polar surface area (TPSA) is 59.8 Å². The van der Waals surface area contributed by atoms with Crippen LogP contribution >= 0.6 is 23.5 Å². The van der Waals surface area contributed by atoms with Crippen LogP contribution in [0.2, 0.25) is 0 Å². The third kappa shape index (κ3) is 6.26. The number of benzene rings is 2. The lowest BCUT2D eigenvalue weighted by Crippen LogP contribution is -2.25. The van der Waals surface area contributed by atoms with Gasteiger partial charge in [-0.15, -0.1) is 28.5 Å². The minimum absolute atomic E-state index is 0.0119. The molecular formula is C25H30N4OS2. The number of carbonyl (C=O) groups is 1. The first-order valence-corrected chi connectivity index (χ1v) is 12.7. The molecule has 168 valence electrons. The number of allylic oxidation sites excluding steroid dienone is 1. The zero-order valence-corrected chi connectivity index (χ0v) is 20.5. The van der Waals surface area contributed by atoms with Crippen LogP contribution in [0.5, 0.6) is 0 Å². The number of para-hydroxylation sites is 1. The van der Waals surface area contributed by atoms with Gasteiger partial charge in [-0.25, -0.2) is 0 Å². The highest BCUT2D eigenvalue weighted by Gasteiger charge is 2.23. The van der Waals surface area contributed by atoms with E-state index in [2.05, 4.69) is 64.8 Å².